The van der Waals surface area contributed by atoms with Crippen LogP contribution in [0.2, 0.25) is 10.0 Å². The predicted molar refractivity (Wildman–Crippen MR) is 66.7 cm³/mol. The van der Waals surface area contributed by atoms with Gasteiger partial charge in [0.25, 0.3) is 0 Å². The van der Waals surface area contributed by atoms with Gasteiger partial charge in [0, 0.05) is 12.6 Å². The Morgan fingerprint density at radius 3 is 2.88 bits per heavy atom. The molecule has 0 bridgehead atoms. The fourth-order valence-corrected chi connectivity index (χ4v) is 2.06. The molecule has 0 aromatic carbocycles. The number of nitrogens with zero attached hydrogens (tertiary/aromatic N) is 1. The summed E-state index contributed by atoms with van der Waals surface area (Å²) in [5, 5.41) is 0.972. The first-order valence-electron chi connectivity index (χ1n) is 5.00. The van der Waals surface area contributed by atoms with Gasteiger partial charge in [-0.25, -0.2) is 0 Å². The molecule has 0 radical (unpaired) electrons. The van der Waals surface area contributed by atoms with Crippen molar-refractivity contribution in [2.75, 3.05) is 0 Å². The summed E-state index contributed by atoms with van der Waals surface area (Å²) in [4.78, 5) is 4.18. The Hall–Kier alpha value is -1.07. The van der Waals surface area contributed by atoms with Crippen LogP contribution in [0.4, 0.5) is 0 Å². The number of nitrogens with one attached hydrogen (secondary N) is 1. The van der Waals surface area contributed by atoms with Crippen LogP contribution in [0, 0.1) is 0 Å². The van der Waals surface area contributed by atoms with Crippen LogP contribution >= 0.6 is 23.2 Å². The van der Waals surface area contributed by atoms with Gasteiger partial charge < -0.3 is 4.42 Å². The molecule has 1 unspecified atom stereocenters. The number of hydrogen-bond acceptors (Lipinski definition) is 4. The van der Waals surface area contributed by atoms with Gasteiger partial charge in [-0.1, -0.05) is 23.2 Å². The van der Waals surface area contributed by atoms with Gasteiger partial charge in [-0.2, -0.15) is 0 Å². The summed E-state index contributed by atoms with van der Waals surface area (Å²) < 4.78 is 5.26. The molecule has 2 aromatic heterocycles. The van der Waals surface area contributed by atoms with Gasteiger partial charge in [0.1, 0.15) is 5.76 Å². The van der Waals surface area contributed by atoms with Gasteiger partial charge in [0.2, 0.25) is 0 Å². The molecule has 0 saturated heterocycles. The highest BCUT2D eigenvalue weighted by Gasteiger charge is 2.17. The van der Waals surface area contributed by atoms with E-state index < -0.39 is 0 Å². The molecule has 0 spiro atoms. The summed E-state index contributed by atoms with van der Waals surface area (Å²) in [5.41, 5.74) is 3.32. The number of halogens is 2. The maximum Gasteiger partial charge on any atom is 0.105 e. The molecule has 3 N–H and O–H groups in total. The van der Waals surface area contributed by atoms with Crippen LogP contribution in [0.25, 0.3) is 0 Å². The van der Waals surface area contributed by atoms with Gasteiger partial charge >= 0.3 is 0 Å². The van der Waals surface area contributed by atoms with Gasteiger partial charge in [0.05, 0.1) is 28.0 Å². The molecule has 0 aliphatic rings. The van der Waals surface area contributed by atoms with Crippen LogP contribution in [0.1, 0.15) is 17.5 Å². The molecule has 2 heterocycles. The first-order valence-corrected chi connectivity index (χ1v) is 5.75. The number of aromatic nitrogens is 1. The van der Waals surface area contributed by atoms with Crippen molar-refractivity contribution in [2.24, 2.45) is 5.84 Å². The van der Waals surface area contributed by atoms with E-state index in [1.807, 2.05) is 12.1 Å². The maximum atomic E-state index is 6.07. The van der Waals surface area contributed by atoms with E-state index in [0.717, 1.165) is 5.76 Å². The van der Waals surface area contributed by atoms with E-state index in [-0.39, 0.29) is 6.04 Å². The van der Waals surface area contributed by atoms with Crippen LogP contribution in [-0.2, 0) is 6.42 Å². The summed E-state index contributed by atoms with van der Waals surface area (Å²) in [6.45, 7) is 0. The van der Waals surface area contributed by atoms with Gasteiger partial charge in [-0.05, 0) is 18.2 Å². The molecule has 0 amide bonds. The van der Waals surface area contributed by atoms with Crippen molar-refractivity contribution in [1.82, 2.24) is 10.4 Å². The van der Waals surface area contributed by atoms with E-state index in [1.54, 1.807) is 12.3 Å². The van der Waals surface area contributed by atoms with Crippen LogP contribution in [0.3, 0.4) is 0 Å². The average Bonchev–Trinajstić information content (AvgIpc) is 2.79. The van der Waals surface area contributed by atoms with E-state index in [9.17, 15) is 0 Å². The lowest BCUT2D eigenvalue weighted by atomic mass is 10.1. The van der Waals surface area contributed by atoms with Crippen molar-refractivity contribution < 1.29 is 4.42 Å². The second kappa shape index (κ2) is 5.51. The molecule has 1 atom stereocenters. The standard InChI is InChI=1S/C11H11Cl2N3O/c12-7-4-9(13)11(15-6-7)10(16-14)5-8-2-1-3-17-8/h1-4,6,10,16H,5,14H2. The molecule has 2 rings (SSSR count). The third kappa shape index (κ3) is 2.98. The minimum atomic E-state index is -0.217. The van der Waals surface area contributed by atoms with Gasteiger partial charge in [-0.15, -0.1) is 0 Å². The lowest BCUT2D eigenvalue weighted by molar-refractivity contribution is 0.450. The summed E-state index contributed by atoms with van der Waals surface area (Å²) in [5.74, 6) is 6.31. The summed E-state index contributed by atoms with van der Waals surface area (Å²) >= 11 is 11.9. The summed E-state index contributed by atoms with van der Waals surface area (Å²) in [6.07, 6.45) is 3.72. The number of hydrogen-bond donors (Lipinski definition) is 2. The minimum Gasteiger partial charge on any atom is -0.469 e. The summed E-state index contributed by atoms with van der Waals surface area (Å²) in [7, 11) is 0. The van der Waals surface area contributed by atoms with Gasteiger partial charge in [0.15, 0.2) is 0 Å². The fraction of sp³-hybridized carbons (Fsp3) is 0.182. The molecular formula is C11H11Cl2N3O. The SMILES string of the molecule is NNC(Cc1ccco1)c1ncc(Cl)cc1Cl. The minimum absolute atomic E-state index is 0.217. The lowest BCUT2D eigenvalue weighted by Crippen LogP contribution is -2.30. The second-order valence-electron chi connectivity index (χ2n) is 3.52. The third-order valence-corrected chi connectivity index (χ3v) is 2.86. The number of nitrogens with two attached hydrogens (primary N) is 1. The van der Waals surface area contributed by atoms with Crippen LogP contribution in [0.5, 0.6) is 0 Å². The fourth-order valence-electron chi connectivity index (χ4n) is 1.55. The molecule has 0 saturated carbocycles. The molecule has 0 aliphatic heterocycles. The lowest BCUT2D eigenvalue weighted by Gasteiger charge is -2.15. The highest BCUT2D eigenvalue weighted by Crippen LogP contribution is 2.25. The Labute approximate surface area is 109 Å². The molecule has 17 heavy (non-hydrogen) atoms. The molecule has 0 aliphatic carbocycles. The molecule has 6 heteroatoms. The molecule has 4 nitrogen and oxygen atoms in total. The smallest absolute Gasteiger partial charge is 0.105 e. The zero-order valence-electron chi connectivity index (χ0n) is 8.86. The van der Waals surface area contributed by atoms with E-state index in [4.69, 9.17) is 33.5 Å². The monoisotopic (exact) mass is 271 g/mol. The number of rotatable bonds is 4. The van der Waals surface area contributed by atoms with Crippen LogP contribution < -0.4 is 11.3 Å². The quantitative estimate of drug-likeness (QED) is 0.663. The number of pyridine rings is 1. The van der Waals surface area contributed by atoms with Crippen molar-refractivity contribution >= 4 is 23.2 Å². The second-order valence-corrected chi connectivity index (χ2v) is 4.37. The normalized spacial score (nSPS) is 12.6. The van der Waals surface area contributed by atoms with Crippen molar-refractivity contribution in [3.8, 4) is 0 Å². The van der Waals surface area contributed by atoms with Crippen LogP contribution in [-0.4, -0.2) is 4.98 Å². The van der Waals surface area contributed by atoms with Gasteiger partial charge in [-0.3, -0.25) is 16.3 Å². The molecule has 0 fully saturated rings. The third-order valence-electron chi connectivity index (χ3n) is 2.35. The van der Waals surface area contributed by atoms with Crippen molar-refractivity contribution in [1.29, 1.82) is 0 Å². The highest BCUT2D eigenvalue weighted by atomic mass is 35.5. The van der Waals surface area contributed by atoms with Crippen molar-refractivity contribution in [3.05, 3.63) is 52.2 Å². The first kappa shape index (κ1) is 12.4. The Balaban J connectivity index is 2.23. The number of furan rings is 1. The van der Waals surface area contributed by atoms with E-state index in [2.05, 4.69) is 10.4 Å². The summed E-state index contributed by atoms with van der Waals surface area (Å²) in [6, 6.07) is 5.11. The molecular weight excluding hydrogens is 261 g/mol. The average molecular weight is 272 g/mol. The molecule has 2 aromatic rings. The van der Waals surface area contributed by atoms with Crippen LogP contribution in [0.15, 0.2) is 35.1 Å². The van der Waals surface area contributed by atoms with E-state index >= 15 is 0 Å². The Kier molecular flexibility index (Phi) is 4.02. The van der Waals surface area contributed by atoms with Crippen molar-refractivity contribution in [2.45, 2.75) is 12.5 Å². The zero-order chi connectivity index (χ0) is 12.3. The van der Waals surface area contributed by atoms with E-state index in [0.29, 0.717) is 22.2 Å². The largest absolute Gasteiger partial charge is 0.469 e. The Bertz CT molecular complexity index is 487. The van der Waals surface area contributed by atoms with E-state index in [1.165, 1.54) is 6.20 Å². The molecule has 90 valence electrons. The maximum absolute atomic E-state index is 6.07. The first-order chi connectivity index (χ1) is 8.20. The zero-order valence-corrected chi connectivity index (χ0v) is 10.4. The number of hydrazine groups is 1. The topological polar surface area (TPSA) is 64.1 Å². The van der Waals surface area contributed by atoms with Crippen molar-refractivity contribution in [3.63, 3.8) is 0 Å². The highest BCUT2D eigenvalue weighted by molar-refractivity contribution is 6.34. The Morgan fingerprint density at radius 1 is 1.47 bits per heavy atom. The Morgan fingerprint density at radius 2 is 2.29 bits per heavy atom. The predicted octanol–water partition coefficient (Wildman–Crippen LogP) is 2.73.